The number of pyridine rings is 1. The van der Waals surface area contributed by atoms with Crippen molar-refractivity contribution in [1.82, 2.24) is 13.7 Å². The maximum Gasteiger partial charge on any atom is 0.200 e. The molecule has 0 saturated carbocycles. The van der Waals surface area contributed by atoms with E-state index in [-0.39, 0.29) is 5.56 Å². The maximum absolute atomic E-state index is 14.3. The Labute approximate surface area is 227 Å². The first-order chi connectivity index (χ1) is 19.4. The van der Waals surface area contributed by atoms with Gasteiger partial charge in [-0.2, -0.15) is 8.75 Å². The van der Waals surface area contributed by atoms with E-state index in [4.69, 9.17) is 4.98 Å². The summed E-state index contributed by atoms with van der Waals surface area (Å²) in [7, 11) is 0. The van der Waals surface area contributed by atoms with Crippen molar-refractivity contribution >= 4 is 44.4 Å². The lowest BCUT2D eigenvalue weighted by Crippen LogP contribution is -2.03. The van der Waals surface area contributed by atoms with E-state index in [1.807, 2.05) is 60.7 Å². The van der Waals surface area contributed by atoms with Crippen LogP contribution in [0.1, 0.15) is 0 Å². The zero-order valence-electron chi connectivity index (χ0n) is 20.2. The molecule has 9 heteroatoms. The molecule has 3 nitrogen and oxygen atoms in total. The lowest BCUT2D eigenvalue weighted by molar-refractivity contribution is 0.381. The second kappa shape index (κ2) is 9.17. The van der Waals surface area contributed by atoms with Crippen LogP contribution < -0.4 is 0 Å². The minimum Gasteiger partial charge on any atom is -0.247 e. The van der Waals surface area contributed by atoms with E-state index in [0.29, 0.717) is 11.1 Å². The molecule has 5 aromatic carbocycles. The maximum atomic E-state index is 14.3. The number of nitrogens with zero attached hydrogens (tertiary/aromatic N) is 3. The Bertz CT molecular complexity index is 2080. The largest absolute Gasteiger partial charge is 0.247 e. The zero-order valence-corrected chi connectivity index (χ0v) is 21.0. The number of halogens is 5. The molecule has 0 saturated heterocycles. The standard InChI is InChI=1S/C31H14F5N3S/c32-25-23(26(33)28(35)29(36)27(25)34)16-8-6-15(7-9-16)18-10-11-19-22(14-18)37-30(17-4-2-1-3-5-17)20-12-13-21-31(24(19)20)39-40-38-21/h1-14H. The topological polar surface area (TPSA) is 38.7 Å². The SMILES string of the molecule is Fc1c(F)c(F)c(-c2ccc(-c3ccc4c(c3)nc(-c3ccccc3)c3ccc5nsnc5c34)cc2)c(F)c1F. The zero-order chi connectivity index (χ0) is 27.5. The lowest BCUT2D eigenvalue weighted by Gasteiger charge is -2.12. The number of hydrogen-bond acceptors (Lipinski definition) is 4. The van der Waals surface area contributed by atoms with Crippen LogP contribution in [0, 0.1) is 29.1 Å². The normalized spacial score (nSPS) is 11.6. The van der Waals surface area contributed by atoms with Gasteiger partial charge in [0.2, 0.25) is 5.82 Å². The minimum absolute atomic E-state index is 0.133. The van der Waals surface area contributed by atoms with Crippen LogP contribution in [0.2, 0.25) is 0 Å². The van der Waals surface area contributed by atoms with Crippen LogP contribution in [0.3, 0.4) is 0 Å². The van der Waals surface area contributed by atoms with Gasteiger partial charge in [0, 0.05) is 21.7 Å². The van der Waals surface area contributed by atoms with E-state index in [0.717, 1.165) is 55.7 Å². The highest BCUT2D eigenvalue weighted by atomic mass is 32.1. The highest BCUT2D eigenvalue weighted by Gasteiger charge is 2.26. The summed E-state index contributed by atoms with van der Waals surface area (Å²) in [6.45, 7) is 0. The summed E-state index contributed by atoms with van der Waals surface area (Å²) in [6.07, 6.45) is 0. The molecule has 0 amide bonds. The van der Waals surface area contributed by atoms with E-state index in [1.54, 1.807) is 12.1 Å². The van der Waals surface area contributed by atoms with Gasteiger partial charge in [-0.25, -0.2) is 26.9 Å². The van der Waals surface area contributed by atoms with Gasteiger partial charge >= 0.3 is 0 Å². The summed E-state index contributed by atoms with van der Waals surface area (Å²) in [6, 6.07) is 25.2. The molecule has 2 aromatic heterocycles. The molecule has 7 rings (SSSR count). The van der Waals surface area contributed by atoms with Crippen molar-refractivity contribution in [2.24, 2.45) is 0 Å². The summed E-state index contributed by atoms with van der Waals surface area (Å²) in [5.74, 6) is -9.90. The molecule has 0 aliphatic rings. The molecule has 0 aliphatic heterocycles. The summed E-state index contributed by atoms with van der Waals surface area (Å²) < 4.78 is 78.6. The van der Waals surface area contributed by atoms with E-state index in [9.17, 15) is 22.0 Å². The summed E-state index contributed by atoms with van der Waals surface area (Å²) in [4.78, 5) is 5.00. The molecule has 194 valence electrons. The van der Waals surface area contributed by atoms with Crippen LogP contribution in [0.5, 0.6) is 0 Å². The van der Waals surface area contributed by atoms with Crippen molar-refractivity contribution in [3.8, 4) is 33.5 Å². The molecule has 2 heterocycles. The van der Waals surface area contributed by atoms with Crippen LogP contribution in [-0.2, 0) is 0 Å². The smallest absolute Gasteiger partial charge is 0.200 e. The Hall–Kier alpha value is -4.76. The molecule has 0 aliphatic carbocycles. The van der Waals surface area contributed by atoms with Gasteiger partial charge in [0.05, 0.1) is 28.5 Å². The van der Waals surface area contributed by atoms with Crippen molar-refractivity contribution < 1.29 is 22.0 Å². The molecule has 0 N–H and O–H groups in total. The van der Waals surface area contributed by atoms with Gasteiger partial charge in [0.15, 0.2) is 23.3 Å². The predicted octanol–water partition coefficient (Wildman–Crippen LogP) is 9.09. The monoisotopic (exact) mass is 555 g/mol. The molecule has 0 spiro atoms. The highest BCUT2D eigenvalue weighted by molar-refractivity contribution is 7.00. The predicted molar refractivity (Wildman–Crippen MR) is 146 cm³/mol. The van der Waals surface area contributed by atoms with Crippen molar-refractivity contribution in [2.45, 2.75) is 0 Å². The van der Waals surface area contributed by atoms with Gasteiger partial charge in [0.25, 0.3) is 0 Å². The molecule has 40 heavy (non-hydrogen) atoms. The average Bonchev–Trinajstić information content (AvgIpc) is 3.48. The quantitative estimate of drug-likeness (QED) is 0.0945. The molecule has 0 radical (unpaired) electrons. The molecule has 7 aromatic rings. The van der Waals surface area contributed by atoms with Gasteiger partial charge < -0.3 is 0 Å². The summed E-state index contributed by atoms with van der Waals surface area (Å²) in [5, 5.41) is 2.76. The molecule has 0 unspecified atom stereocenters. The Kier molecular flexibility index (Phi) is 5.57. The minimum atomic E-state index is -2.19. The van der Waals surface area contributed by atoms with Crippen LogP contribution >= 0.6 is 11.7 Å². The first-order valence-electron chi connectivity index (χ1n) is 12.1. The van der Waals surface area contributed by atoms with Crippen LogP contribution in [0.15, 0.2) is 84.9 Å². The molecule has 0 fully saturated rings. The van der Waals surface area contributed by atoms with Gasteiger partial charge in [-0.3, -0.25) is 0 Å². The van der Waals surface area contributed by atoms with Crippen molar-refractivity contribution in [3.63, 3.8) is 0 Å². The van der Waals surface area contributed by atoms with Crippen molar-refractivity contribution in [2.75, 3.05) is 0 Å². The Balaban J connectivity index is 1.40. The lowest BCUT2D eigenvalue weighted by atomic mass is 9.95. The summed E-state index contributed by atoms with van der Waals surface area (Å²) >= 11 is 1.14. The fourth-order valence-electron chi connectivity index (χ4n) is 5.02. The van der Waals surface area contributed by atoms with E-state index >= 15 is 0 Å². The van der Waals surface area contributed by atoms with E-state index < -0.39 is 34.6 Å². The second-order valence-electron chi connectivity index (χ2n) is 9.20. The Morgan fingerprint density at radius 1 is 0.500 bits per heavy atom. The fourth-order valence-corrected chi connectivity index (χ4v) is 5.56. The number of benzene rings is 5. The van der Waals surface area contributed by atoms with Crippen LogP contribution in [0.25, 0.3) is 66.2 Å². The number of hydrogen-bond donors (Lipinski definition) is 0. The van der Waals surface area contributed by atoms with Gasteiger partial charge in [0.1, 0.15) is 11.0 Å². The van der Waals surface area contributed by atoms with Gasteiger partial charge in [-0.1, -0.05) is 66.7 Å². The molecular weight excluding hydrogens is 541 g/mol. The summed E-state index contributed by atoms with van der Waals surface area (Å²) in [5.41, 5.74) is 4.33. The fraction of sp³-hybridized carbons (Fsp3) is 0. The highest BCUT2D eigenvalue weighted by Crippen LogP contribution is 2.38. The van der Waals surface area contributed by atoms with Crippen LogP contribution in [-0.4, -0.2) is 13.7 Å². The van der Waals surface area contributed by atoms with Gasteiger partial charge in [-0.15, -0.1) is 0 Å². The number of fused-ring (bicyclic) bond motifs is 5. The van der Waals surface area contributed by atoms with E-state index in [1.165, 1.54) is 12.1 Å². The third-order valence-corrected chi connectivity index (χ3v) is 7.49. The third kappa shape index (κ3) is 3.65. The van der Waals surface area contributed by atoms with Gasteiger partial charge in [-0.05, 0) is 34.9 Å². The molecular formula is C31H14F5N3S. The number of rotatable bonds is 3. The Morgan fingerprint density at radius 2 is 1.12 bits per heavy atom. The molecule has 0 bridgehead atoms. The van der Waals surface area contributed by atoms with E-state index in [2.05, 4.69) is 8.75 Å². The van der Waals surface area contributed by atoms with Crippen LogP contribution in [0.4, 0.5) is 22.0 Å². The first kappa shape index (κ1) is 24.3. The first-order valence-corrected chi connectivity index (χ1v) is 12.8. The second-order valence-corrected chi connectivity index (χ2v) is 9.73. The number of aromatic nitrogens is 3. The Morgan fingerprint density at radius 3 is 1.85 bits per heavy atom. The average molecular weight is 556 g/mol. The molecule has 0 atom stereocenters. The third-order valence-electron chi connectivity index (χ3n) is 6.95. The van der Waals surface area contributed by atoms with Crippen molar-refractivity contribution in [3.05, 3.63) is 114 Å². The van der Waals surface area contributed by atoms with Crippen molar-refractivity contribution in [1.29, 1.82) is 0 Å².